The maximum Gasteiger partial charge on any atom is 0.332 e. The molecule has 0 spiro atoms. The third-order valence-electron chi connectivity index (χ3n) is 1.08. The molecule has 0 aromatic carbocycles. The van der Waals surface area contributed by atoms with Crippen LogP contribution in [0.4, 0.5) is 0 Å². The highest BCUT2D eigenvalue weighted by Crippen LogP contribution is 1.99. The van der Waals surface area contributed by atoms with Crippen molar-refractivity contribution in [1.82, 2.24) is 0 Å². The van der Waals surface area contributed by atoms with E-state index in [1.165, 1.54) is 0 Å². The van der Waals surface area contributed by atoms with Crippen LogP contribution < -0.4 is 0 Å². The van der Waals surface area contributed by atoms with Crippen molar-refractivity contribution in [1.29, 1.82) is 0 Å². The predicted octanol–water partition coefficient (Wildman–Crippen LogP) is 0.235. The zero-order chi connectivity index (χ0) is 7.98. The maximum atomic E-state index is 9.99. The molecule has 0 saturated heterocycles. The van der Waals surface area contributed by atoms with E-state index in [1.54, 1.807) is 0 Å². The van der Waals surface area contributed by atoms with Gasteiger partial charge in [0, 0.05) is 6.42 Å². The van der Waals surface area contributed by atoms with Gasteiger partial charge < -0.3 is 10.2 Å². The van der Waals surface area contributed by atoms with Crippen molar-refractivity contribution in [3.63, 3.8) is 0 Å². The number of hydrogen-bond donors (Lipinski definition) is 2. The van der Waals surface area contributed by atoms with E-state index >= 15 is 0 Å². The van der Waals surface area contributed by atoms with E-state index in [0.717, 1.165) is 0 Å². The van der Waals surface area contributed by atoms with Crippen molar-refractivity contribution in [3.05, 3.63) is 0 Å². The standard InChI is InChI=1S/C7H10O3/c1-2-3-4-5-6(8)7(9)10/h1,6,8H,3-5H2,(H,9,10). The number of terminal acetylenes is 1. The Hall–Kier alpha value is -1.01. The highest BCUT2D eigenvalue weighted by molar-refractivity contribution is 5.71. The zero-order valence-electron chi connectivity index (χ0n) is 5.58. The Labute approximate surface area is 59.7 Å². The molecule has 0 saturated carbocycles. The van der Waals surface area contributed by atoms with Gasteiger partial charge in [0.25, 0.3) is 0 Å². The van der Waals surface area contributed by atoms with E-state index in [-0.39, 0.29) is 6.42 Å². The van der Waals surface area contributed by atoms with Gasteiger partial charge in [0.2, 0.25) is 0 Å². The van der Waals surface area contributed by atoms with Gasteiger partial charge in [-0.15, -0.1) is 12.3 Å². The first-order valence-electron chi connectivity index (χ1n) is 3.03. The normalized spacial score (nSPS) is 12.0. The summed E-state index contributed by atoms with van der Waals surface area (Å²) in [4.78, 5) is 9.99. The number of rotatable bonds is 4. The first-order chi connectivity index (χ1) is 4.68. The minimum atomic E-state index is -1.26. The first-order valence-corrected chi connectivity index (χ1v) is 3.03. The van der Waals surface area contributed by atoms with Crippen LogP contribution in [0.15, 0.2) is 0 Å². The summed E-state index contributed by atoms with van der Waals surface area (Å²) in [5, 5.41) is 16.9. The molecule has 0 fully saturated rings. The van der Waals surface area contributed by atoms with Gasteiger partial charge in [0.05, 0.1) is 0 Å². The molecule has 1 unspecified atom stereocenters. The van der Waals surface area contributed by atoms with Crippen molar-refractivity contribution < 1.29 is 15.0 Å². The summed E-state index contributed by atoms with van der Waals surface area (Å²) in [7, 11) is 0. The molecular weight excluding hydrogens is 132 g/mol. The second-order valence-electron chi connectivity index (χ2n) is 1.95. The van der Waals surface area contributed by atoms with Crippen LogP contribution in [0.1, 0.15) is 19.3 Å². The molecule has 0 heterocycles. The lowest BCUT2D eigenvalue weighted by Crippen LogP contribution is -2.18. The van der Waals surface area contributed by atoms with E-state index in [1.807, 2.05) is 0 Å². The van der Waals surface area contributed by atoms with Crippen molar-refractivity contribution in [3.8, 4) is 12.3 Å². The van der Waals surface area contributed by atoms with Crippen LogP contribution >= 0.6 is 0 Å². The zero-order valence-corrected chi connectivity index (χ0v) is 5.58. The van der Waals surface area contributed by atoms with Crippen molar-refractivity contribution in [2.24, 2.45) is 0 Å². The van der Waals surface area contributed by atoms with Crippen LogP contribution in [0, 0.1) is 12.3 Å². The molecular formula is C7H10O3. The van der Waals surface area contributed by atoms with Crippen molar-refractivity contribution in [2.75, 3.05) is 0 Å². The summed E-state index contributed by atoms with van der Waals surface area (Å²) in [6.45, 7) is 0. The molecule has 0 aromatic heterocycles. The van der Waals surface area contributed by atoms with Gasteiger partial charge in [-0.3, -0.25) is 0 Å². The summed E-state index contributed by atoms with van der Waals surface area (Å²) >= 11 is 0. The summed E-state index contributed by atoms with van der Waals surface area (Å²) in [5.41, 5.74) is 0. The van der Waals surface area contributed by atoms with Gasteiger partial charge in [0.1, 0.15) is 0 Å². The fraction of sp³-hybridized carbons (Fsp3) is 0.571. The van der Waals surface area contributed by atoms with Crippen LogP contribution in [-0.2, 0) is 4.79 Å². The molecule has 3 nitrogen and oxygen atoms in total. The van der Waals surface area contributed by atoms with Crippen LogP contribution in [0.3, 0.4) is 0 Å². The van der Waals surface area contributed by atoms with Crippen molar-refractivity contribution >= 4 is 5.97 Å². The lowest BCUT2D eigenvalue weighted by atomic mass is 10.1. The lowest BCUT2D eigenvalue weighted by molar-refractivity contribution is -0.146. The number of hydrogen-bond acceptors (Lipinski definition) is 2. The monoisotopic (exact) mass is 142 g/mol. The molecule has 0 aliphatic carbocycles. The second kappa shape index (κ2) is 4.83. The fourth-order valence-corrected chi connectivity index (χ4v) is 0.521. The minimum absolute atomic E-state index is 0.236. The highest BCUT2D eigenvalue weighted by atomic mass is 16.4. The first kappa shape index (κ1) is 8.99. The third kappa shape index (κ3) is 3.93. The van der Waals surface area contributed by atoms with Gasteiger partial charge in [0.15, 0.2) is 6.10 Å². The third-order valence-corrected chi connectivity index (χ3v) is 1.08. The Morgan fingerprint density at radius 1 is 1.70 bits per heavy atom. The second-order valence-corrected chi connectivity index (χ2v) is 1.95. The summed E-state index contributed by atoms with van der Waals surface area (Å²) < 4.78 is 0. The fourth-order valence-electron chi connectivity index (χ4n) is 0.521. The minimum Gasteiger partial charge on any atom is -0.479 e. The molecule has 0 aliphatic rings. The number of aliphatic hydroxyl groups is 1. The number of carboxylic acid groups (broad SMARTS) is 1. The number of aliphatic hydroxyl groups excluding tert-OH is 1. The average molecular weight is 142 g/mol. The Morgan fingerprint density at radius 2 is 2.30 bits per heavy atom. The molecule has 0 bridgehead atoms. The number of carbonyl (C=O) groups is 1. The molecule has 56 valence electrons. The van der Waals surface area contributed by atoms with Crippen LogP contribution in [0.2, 0.25) is 0 Å². The number of carboxylic acids is 1. The Bertz CT molecular complexity index is 145. The highest BCUT2D eigenvalue weighted by Gasteiger charge is 2.10. The molecule has 2 N–H and O–H groups in total. The van der Waals surface area contributed by atoms with E-state index in [9.17, 15) is 4.79 Å². The van der Waals surface area contributed by atoms with E-state index in [4.69, 9.17) is 16.6 Å². The number of unbranched alkanes of at least 4 members (excludes halogenated alkanes) is 1. The Morgan fingerprint density at radius 3 is 2.70 bits per heavy atom. The van der Waals surface area contributed by atoms with Gasteiger partial charge in [-0.25, -0.2) is 4.79 Å². The van der Waals surface area contributed by atoms with Gasteiger partial charge in [-0.1, -0.05) is 0 Å². The topological polar surface area (TPSA) is 57.5 Å². The van der Waals surface area contributed by atoms with E-state index < -0.39 is 12.1 Å². The number of aliphatic carboxylic acids is 1. The van der Waals surface area contributed by atoms with Crippen LogP contribution in [0.5, 0.6) is 0 Å². The quantitative estimate of drug-likeness (QED) is 0.436. The van der Waals surface area contributed by atoms with Crippen LogP contribution in [0.25, 0.3) is 0 Å². The molecule has 0 radical (unpaired) electrons. The Balaban J connectivity index is 3.32. The van der Waals surface area contributed by atoms with Gasteiger partial charge in [-0.05, 0) is 12.8 Å². The van der Waals surface area contributed by atoms with Crippen molar-refractivity contribution in [2.45, 2.75) is 25.4 Å². The maximum absolute atomic E-state index is 9.99. The molecule has 0 amide bonds. The van der Waals surface area contributed by atoms with E-state index in [0.29, 0.717) is 12.8 Å². The van der Waals surface area contributed by atoms with Gasteiger partial charge in [-0.2, -0.15) is 0 Å². The molecule has 1 atom stereocenters. The summed E-state index contributed by atoms with van der Waals surface area (Å²) in [5.74, 6) is 1.17. The molecule has 3 heteroatoms. The largest absolute Gasteiger partial charge is 0.479 e. The Kier molecular flexibility index (Phi) is 4.34. The summed E-state index contributed by atoms with van der Waals surface area (Å²) in [6, 6.07) is 0. The molecule has 0 rings (SSSR count). The molecule has 10 heavy (non-hydrogen) atoms. The van der Waals surface area contributed by atoms with Crippen LogP contribution in [-0.4, -0.2) is 22.3 Å². The lowest BCUT2D eigenvalue weighted by Gasteiger charge is -2.01. The predicted molar refractivity (Wildman–Crippen MR) is 36.3 cm³/mol. The molecule has 0 aliphatic heterocycles. The smallest absolute Gasteiger partial charge is 0.332 e. The average Bonchev–Trinajstić information content (AvgIpc) is 1.88. The van der Waals surface area contributed by atoms with E-state index in [2.05, 4.69) is 5.92 Å². The molecule has 0 aromatic rings. The summed E-state index contributed by atoms with van der Waals surface area (Å²) in [6.07, 6.45) is 4.97. The SMILES string of the molecule is C#CCCCC(O)C(=O)O. The van der Waals surface area contributed by atoms with Gasteiger partial charge >= 0.3 is 5.97 Å².